The Labute approximate surface area is 99.2 Å². The molecule has 88 valence electrons. The predicted octanol–water partition coefficient (Wildman–Crippen LogP) is 1.79. The topological polar surface area (TPSA) is 46.6 Å². The molecule has 4 nitrogen and oxygen atoms in total. The molecule has 2 aliphatic heterocycles. The summed E-state index contributed by atoms with van der Waals surface area (Å²) in [6, 6.07) is 3.80. The van der Waals surface area contributed by atoms with E-state index < -0.39 is 0 Å². The first-order chi connectivity index (χ1) is 8.16. The fourth-order valence-corrected chi connectivity index (χ4v) is 2.54. The minimum atomic E-state index is -0.253. The monoisotopic (exact) mass is 231 g/mol. The van der Waals surface area contributed by atoms with Crippen LogP contribution in [0.2, 0.25) is 0 Å². The maximum atomic E-state index is 11.7. The number of esters is 1. The third kappa shape index (κ3) is 1.52. The summed E-state index contributed by atoms with van der Waals surface area (Å²) in [5.41, 5.74) is 3.34. The molecule has 2 aliphatic rings. The van der Waals surface area contributed by atoms with Crippen LogP contribution < -0.4 is 4.90 Å². The zero-order chi connectivity index (χ0) is 12.0. The van der Waals surface area contributed by atoms with Crippen LogP contribution in [0.5, 0.6) is 0 Å². The van der Waals surface area contributed by atoms with Crippen molar-refractivity contribution in [1.29, 1.82) is 0 Å². The number of nitrogens with zero attached hydrogens (tertiary/aromatic N) is 1. The van der Waals surface area contributed by atoms with Gasteiger partial charge in [-0.3, -0.25) is 4.79 Å². The molecule has 0 atom stereocenters. The summed E-state index contributed by atoms with van der Waals surface area (Å²) in [4.78, 5) is 24.9. The van der Waals surface area contributed by atoms with Crippen LogP contribution in [0.1, 0.15) is 34.3 Å². The van der Waals surface area contributed by atoms with E-state index in [0.29, 0.717) is 18.6 Å². The number of carbonyl (C=O) groups excluding carboxylic acids is 2. The van der Waals surface area contributed by atoms with Gasteiger partial charge in [0.1, 0.15) is 6.61 Å². The summed E-state index contributed by atoms with van der Waals surface area (Å²) in [7, 11) is 0. The predicted molar refractivity (Wildman–Crippen MR) is 61.9 cm³/mol. The lowest BCUT2D eigenvalue weighted by molar-refractivity contribution is -0.117. The zero-order valence-electron chi connectivity index (χ0n) is 9.66. The molecule has 1 amide bonds. The fourth-order valence-electron chi connectivity index (χ4n) is 2.54. The third-order valence-corrected chi connectivity index (χ3v) is 3.35. The van der Waals surface area contributed by atoms with Gasteiger partial charge < -0.3 is 9.64 Å². The molecule has 2 heterocycles. The van der Waals surface area contributed by atoms with E-state index in [1.165, 1.54) is 0 Å². The van der Waals surface area contributed by atoms with E-state index in [9.17, 15) is 9.59 Å². The van der Waals surface area contributed by atoms with Gasteiger partial charge in [-0.2, -0.15) is 0 Å². The Bertz CT molecular complexity index is 522. The second kappa shape index (κ2) is 3.58. The van der Waals surface area contributed by atoms with Gasteiger partial charge in [-0.05, 0) is 31.0 Å². The Kier molecular flexibility index (Phi) is 2.18. The number of benzene rings is 1. The van der Waals surface area contributed by atoms with Crippen molar-refractivity contribution in [2.45, 2.75) is 26.4 Å². The molecule has 1 aromatic carbocycles. The largest absolute Gasteiger partial charge is 0.457 e. The molecule has 0 saturated carbocycles. The number of aryl methyl sites for hydroxylation is 1. The maximum absolute atomic E-state index is 11.7. The Balaban J connectivity index is 2.06. The molecule has 0 aromatic heterocycles. The first-order valence-electron chi connectivity index (χ1n) is 5.78. The highest BCUT2D eigenvalue weighted by atomic mass is 16.5. The van der Waals surface area contributed by atoms with Crippen molar-refractivity contribution >= 4 is 17.6 Å². The molecule has 0 aliphatic carbocycles. The highest BCUT2D eigenvalue weighted by Gasteiger charge is 2.27. The van der Waals surface area contributed by atoms with Gasteiger partial charge in [0.05, 0.1) is 5.56 Å². The van der Waals surface area contributed by atoms with Gasteiger partial charge in [-0.25, -0.2) is 4.79 Å². The van der Waals surface area contributed by atoms with E-state index in [4.69, 9.17) is 4.74 Å². The Morgan fingerprint density at radius 2 is 2.12 bits per heavy atom. The van der Waals surface area contributed by atoms with Crippen molar-refractivity contribution in [2.24, 2.45) is 0 Å². The normalized spacial score (nSPS) is 18.5. The van der Waals surface area contributed by atoms with E-state index >= 15 is 0 Å². The minimum Gasteiger partial charge on any atom is -0.457 e. The molecule has 1 saturated heterocycles. The summed E-state index contributed by atoms with van der Waals surface area (Å²) in [5, 5.41) is 0. The lowest BCUT2D eigenvalue weighted by Gasteiger charge is -2.17. The number of rotatable bonds is 1. The van der Waals surface area contributed by atoms with Crippen LogP contribution in [0.25, 0.3) is 0 Å². The quantitative estimate of drug-likeness (QED) is 0.692. The van der Waals surface area contributed by atoms with Crippen molar-refractivity contribution in [1.82, 2.24) is 0 Å². The lowest BCUT2D eigenvalue weighted by Crippen LogP contribution is -2.24. The van der Waals surface area contributed by atoms with Crippen molar-refractivity contribution < 1.29 is 14.3 Å². The van der Waals surface area contributed by atoms with Crippen molar-refractivity contribution in [2.75, 3.05) is 11.4 Å². The summed E-state index contributed by atoms with van der Waals surface area (Å²) in [6.45, 7) is 2.98. The average molecular weight is 231 g/mol. The molecule has 0 bridgehead atoms. The Hall–Kier alpha value is -1.84. The van der Waals surface area contributed by atoms with Crippen LogP contribution in [0.3, 0.4) is 0 Å². The number of anilines is 1. The van der Waals surface area contributed by atoms with Crippen LogP contribution in [-0.2, 0) is 16.1 Å². The highest BCUT2D eigenvalue weighted by molar-refractivity contribution is 5.99. The van der Waals surface area contributed by atoms with Gasteiger partial charge in [-0.15, -0.1) is 0 Å². The molecule has 0 unspecified atom stereocenters. The van der Waals surface area contributed by atoms with Gasteiger partial charge in [0.2, 0.25) is 5.91 Å². The van der Waals surface area contributed by atoms with E-state index in [-0.39, 0.29) is 11.9 Å². The second-order valence-electron chi connectivity index (χ2n) is 4.52. The van der Waals surface area contributed by atoms with Gasteiger partial charge in [0.25, 0.3) is 0 Å². The highest BCUT2D eigenvalue weighted by Crippen LogP contribution is 2.30. The van der Waals surface area contributed by atoms with E-state index in [0.717, 1.165) is 29.8 Å². The first kappa shape index (κ1) is 10.3. The van der Waals surface area contributed by atoms with Gasteiger partial charge in [0.15, 0.2) is 0 Å². The number of fused-ring (bicyclic) bond motifs is 1. The molecule has 1 fully saturated rings. The van der Waals surface area contributed by atoms with Crippen LogP contribution in [0.15, 0.2) is 12.1 Å². The number of cyclic esters (lactones) is 1. The number of ether oxygens (including phenoxy) is 1. The Morgan fingerprint density at radius 3 is 2.82 bits per heavy atom. The summed E-state index contributed by atoms with van der Waals surface area (Å²) in [5.74, 6) is -0.0913. The number of amides is 1. The van der Waals surface area contributed by atoms with E-state index in [1.54, 1.807) is 4.90 Å². The van der Waals surface area contributed by atoms with Crippen LogP contribution in [0.4, 0.5) is 5.69 Å². The van der Waals surface area contributed by atoms with E-state index in [1.807, 2.05) is 19.1 Å². The average Bonchev–Trinajstić information content (AvgIpc) is 2.85. The first-order valence-corrected chi connectivity index (χ1v) is 5.78. The van der Waals surface area contributed by atoms with Crippen LogP contribution in [-0.4, -0.2) is 18.4 Å². The smallest absolute Gasteiger partial charge is 0.339 e. The standard InChI is InChI=1S/C13H13NO3/c1-8-5-10(14-4-2-3-11(14)15)6-9-7-17-13(16)12(8)9/h5-6H,2-4,7H2,1H3. The second-order valence-corrected chi connectivity index (χ2v) is 4.52. The number of hydrogen-bond acceptors (Lipinski definition) is 3. The molecule has 17 heavy (non-hydrogen) atoms. The van der Waals surface area contributed by atoms with Gasteiger partial charge >= 0.3 is 5.97 Å². The molecule has 1 aromatic rings. The summed E-state index contributed by atoms with van der Waals surface area (Å²) >= 11 is 0. The third-order valence-electron chi connectivity index (χ3n) is 3.35. The van der Waals surface area contributed by atoms with Gasteiger partial charge in [0, 0.05) is 24.2 Å². The van der Waals surface area contributed by atoms with Gasteiger partial charge in [-0.1, -0.05) is 0 Å². The number of carbonyl (C=O) groups is 2. The number of hydrogen-bond donors (Lipinski definition) is 0. The molecule has 4 heteroatoms. The van der Waals surface area contributed by atoms with Crippen LogP contribution in [0, 0.1) is 6.92 Å². The maximum Gasteiger partial charge on any atom is 0.339 e. The molecular weight excluding hydrogens is 218 g/mol. The molecule has 0 radical (unpaired) electrons. The van der Waals surface area contributed by atoms with Crippen molar-refractivity contribution in [3.8, 4) is 0 Å². The summed E-state index contributed by atoms with van der Waals surface area (Å²) < 4.78 is 5.01. The van der Waals surface area contributed by atoms with Crippen LogP contribution >= 0.6 is 0 Å². The summed E-state index contributed by atoms with van der Waals surface area (Å²) in [6.07, 6.45) is 1.52. The van der Waals surface area contributed by atoms with Crippen molar-refractivity contribution in [3.63, 3.8) is 0 Å². The fraction of sp³-hybridized carbons (Fsp3) is 0.385. The minimum absolute atomic E-state index is 0.162. The van der Waals surface area contributed by atoms with Crippen molar-refractivity contribution in [3.05, 3.63) is 28.8 Å². The molecular formula is C13H13NO3. The molecule has 0 N–H and O–H groups in total. The SMILES string of the molecule is Cc1cc(N2CCCC2=O)cc2c1C(=O)OC2. The molecule has 0 spiro atoms. The molecule has 3 rings (SSSR count). The zero-order valence-corrected chi connectivity index (χ0v) is 9.66. The Morgan fingerprint density at radius 1 is 1.29 bits per heavy atom. The lowest BCUT2D eigenvalue weighted by atomic mass is 10.0. The van der Waals surface area contributed by atoms with E-state index in [2.05, 4.69) is 0 Å².